The zero-order valence-corrected chi connectivity index (χ0v) is 28.0. The van der Waals surface area contributed by atoms with E-state index in [1.165, 1.54) is 13.8 Å². The van der Waals surface area contributed by atoms with Crippen LogP contribution in [-0.2, 0) is 9.59 Å². The molecule has 0 atom stereocenters. The Morgan fingerprint density at radius 1 is 0.780 bits per heavy atom. The monoisotopic (exact) mass is 902 g/mol. The first kappa shape index (κ1) is 34.7. The molecule has 0 aliphatic rings. The minimum atomic E-state index is -1.12. The summed E-state index contributed by atoms with van der Waals surface area (Å²) in [5, 5.41) is 47.9. The Balaban J connectivity index is 0.000000245. The second-order valence-electron chi connectivity index (χ2n) is 8.14. The predicted octanol–water partition coefficient (Wildman–Crippen LogP) is 3.94. The van der Waals surface area contributed by atoms with E-state index in [0.717, 1.165) is 16.6 Å². The molecule has 15 heteroatoms. The number of phenolic OH excluding ortho intramolecular Hbond substituents is 1. The predicted molar refractivity (Wildman–Crippen MR) is 179 cm³/mol. The molecule has 218 valence electrons. The number of benzene rings is 3. The highest BCUT2D eigenvalue weighted by Gasteiger charge is 2.25. The van der Waals surface area contributed by atoms with Crippen molar-refractivity contribution in [3.8, 4) is 5.75 Å². The number of nitrogens with zero attached hydrogens (tertiary/aromatic N) is 2. The molecule has 0 fully saturated rings. The third-order valence-corrected chi connectivity index (χ3v) is 8.11. The zero-order chi connectivity index (χ0) is 30.9. The lowest BCUT2D eigenvalue weighted by Gasteiger charge is -2.17. The summed E-state index contributed by atoms with van der Waals surface area (Å²) in [5.74, 6) is -1.53. The van der Waals surface area contributed by atoms with Gasteiger partial charge in [0.25, 0.3) is 0 Å². The van der Waals surface area contributed by atoms with Crippen LogP contribution in [0.3, 0.4) is 0 Å². The first-order chi connectivity index (χ1) is 19.3. The number of halogens is 3. The Hall–Kier alpha value is -2.46. The van der Waals surface area contributed by atoms with E-state index in [1.54, 1.807) is 18.2 Å². The minimum Gasteiger partial charge on any atom is -0.508 e. The number of nitrogens with one attached hydrogen (secondary N) is 2. The number of amides is 2. The van der Waals surface area contributed by atoms with Crippen molar-refractivity contribution in [3.05, 3.63) is 58.7 Å². The molecular formula is C26H25I3N4O8. The summed E-state index contributed by atoms with van der Waals surface area (Å²) in [4.78, 5) is 42.8. The Morgan fingerprint density at radius 3 is 1.61 bits per heavy atom. The molecule has 0 aliphatic heterocycles. The first-order valence-electron chi connectivity index (χ1n) is 11.5. The number of aliphatic hydroxyl groups excluding tert-OH is 3. The van der Waals surface area contributed by atoms with Gasteiger partial charge in [-0.2, -0.15) is 0 Å². The summed E-state index contributed by atoms with van der Waals surface area (Å²) in [6, 6.07) is 12.7. The molecule has 41 heavy (non-hydrogen) atoms. The molecule has 4 rings (SSSR count). The van der Waals surface area contributed by atoms with Crippen molar-refractivity contribution in [1.29, 1.82) is 0 Å². The number of hydrogen-bond donors (Lipinski definition) is 7. The fraction of sp³-hybridized carbons (Fsp3) is 0.192. The number of hydrogen-bond acceptors (Lipinski definition) is 9. The van der Waals surface area contributed by atoms with E-state index in [0.29, 0.717) is 27.6 Å². The molecule has 7 N–H and O–H groups in total. The Labute approximate surface area is 275 Å². The first-order valence-corrected chi connectivity index (χ1v) is 14.8. The number of carbonyl (C=O) groups excluding carboxylic acids is 2. The maximum Gasteiger partial charge on any atom is 0.338 e. The quantitative estimate of drug-likeness (QED) is 0.114. The molecular weight excluding hydrogens is 877 g/mol. The van der Waals surface area contributed by atoms with E-state index in [9.17, 15) is 24.6 Å². The smallest absolute Gasteiger partial charge is 0.338 e. The maximum absolute atomic E-state index is 11.4. The van der Waals surface area contributed by atoms with Gasteiger partial charge in [0.1, 0.15) is 11.9 Å². The number of aromatic nitrogens is 2. The van der Waals surface area contributed by atoms with Crippen LogP contribution in [0.5, 0.6) is 5.75 Å². The largest absolute Gasteiger partial charge is 0.508 e. The topological polar surface area (TPSA) is 202 Å². The SMILES string of the molecule is CC(=O)Nc1c(I)c(NC(C)=O)c(I)c(C(=O)O)c1I.OCC(O)CO.Oc1ccc2nc3ccccc3nc2c1. The Bertz CT molecular complexity index is 1540. The van der Waals surface area contributed by atoms with Gasteiger partial charge in [-0.1, -0.05) is 12.1 Å². The highest BCUT2D eigenvalue weighted by Crippen LogP contribution is 2.38. The molecule has 0 spiro atoms. The highest BCUT2D eigenvalue weighted by atomic mass is 127. The van der Waals surface area contributed by atoms with Crippen LogP contribution >= 0.6 is 67.8 Å². The number of carboxylic acid groups (broad SMARTS) is 1. The Kier molecular flexibility index (Phi) is 13.8. The molecule has 2 amide bonds. The summed E-state index contributed by atoms with van der Waals surface area (Å²) >= 11 is 5.71. The van der Waals surface area contributed by atoms with Crippen molar-refractivity contribution in [1.82, 2.24) is 9.97 Å². The molecule has 12 nitrogen and oxygen atoms in total. The van der Waals surface area contributed by atoms with Crippen molar-refractivity contribution < 1.29 is 39.9 Å². The zero-order valence-electron chi connectivity index (χ0n) is 21.5. The molecule has 0 radical (unpaired) electrons. The van der Waals surface area contributed by atoms with Gasteiger partial charge in [0.05, 0.1) is 62.9 Å². The van der Waals surface area contributed by atoms with Crippen LogP contribution in [0.1, 0.15) is 24.2 Å². The summed E-state index contributed by atoms with van der Waals surface area (Å²) in [6.45, 7) is 1.94. The van der Waals surface area contributed by atoms with Crippen LogP contribution in [-0.4, -0.2) is 72.6 Å². The number of carboxylic acids is 1. The number of rotatable bonds is 5. The van der Waals surface area contributed by atoms with E-state index in [1.807, 2.05) is 92.0 Å². The van der Waals surface area contributed by atoms with E-state index >= 15 is 0 Å². The van der Waals surface area contributed by atoms with Crippen LogP contribution in [0.4, 0.5) is 11.4 Å². The van der Waals surface area contributed by atoms with E-state index in [-0.39, 0.29) is 36.3 Å². The van der Waals surface area contributed by atoms with E-state index < -0.39 is 12.1 Å². The van der Waals surface area contributed by atoms with Gasteiger partial charge in [-0.15, -0.1) is 0 Å². The van der Waals surface area contributed by atoms with Gasteiger partial charge in [-0.05, 0) is 92.0 Å². The molecule has 0 unspecified atom stereocenters. The lowest BCUT2D eigenvalue weighted by Crippen LogP contribution is -2.17. The van der Waals surface area contributed by atoms with Crippen molar-refractivity contribution in [2.75, 3.05) is 23.8 Å². The van der Waals surface area contributed by atoms with Crippen molar-refractivity contribution in [2.45, 2.75) is 20.0 Å². The van der Waals surface area contributed by atoms with Crippen molar-refractivity contribution >= 4 is 119 Å². The third-order valence-electron chi connectivity index (χ3n) is 4.88. The average Bonchev–Trinajstić information content (AvgIpc) is 2.92. The van der Waals surface area contributed by atoms with Crippen LogP contribution in [0, 0.1) is 10.7 Å². The summed E-state index contributed by atoms with van der Waals surface area (Å²) in [7, 11) is 0. The number of carbonyl (C=O) groups is 3. The molecule has 0 bridgehead atoms. The summed E-state index contributed by atoms with van der Waals surface area (Å²) in [6.07, 6.45) is -0.954. The lowest BCUT2D eigenvalue weighted by molar-refractivity contribution is -0.115. The van der Waals surface area contributed by atoms with E-state index in [4.69, 9.17) is 15.3 Å². The van der Waals surface area contributed by atoms with Crippen molar-refractivity contribution in [2.24, 2.45) is 0 Å². The highest BCUT2D eigenvalue weighted by molar-refractivity contribution is 14.1. The number of phenols is 1. The van der Waals surface area contributed by atoms with Gasteiger partial charge in [0, 0.05) is 19.9 Å². The maximum atomic E-state index is 11.4. The fourth-order valence-electron chi connectivity index (χ4n) is 3.09. The fourth-order valence-corrected chi connectivity index (χ4v) is 7.26. The van der Waals surface area contributed by atoms with Crippen molar-refractivity contribution in [3.63, 3.8) is 0 Å². The number of aromatic carboxylic acids is 1. The molecule has 0 aliphatic carbocycles. The number of aliphatic hydroxyl groups is 3. The van der Waals surface area contributed by atoms with Crippen LogP contribution in [0.25, 0.3) is 22.1 Å². The summed E-state index contributed by atoms with van der Waals surface area (Å²) < 4.78 is 1.44. The molecule has 1 aromatic heterocycles. The number of anilines is 2. The number of aromatic hydroxyl groups is 1. The van der Waals surface area contributed by atoms with Gasteiger partial charge >= 0.3 is 5.97 Å². The van der Waals surface area contributed by atoms with Gasteiger partial charge in [0.15, 0.2) is 0 Å². The third kappa shape index (κ3) is 9.81. The Morgan fingerprint density at radius 2 is 1.22 bits per heavy atom. The molecule has 4 aromatic rings. The minimum absolute atomic E-state index is 0.0547. The molecule has 0 saturated carbocycles. The van der Waals surface area contributed by atoms with Gasteiger partial charge in [0.2, 0.25) is 11.8 Å². The van der Waals surface area contributed by atoms with Gasteiger partial charge in [-0.25, -0.2) is 14.8 Å². The number of para-hydroxylation sites is 2. The normalized spacial score (nSPS) is 10.4. The lowest BCUT2D eigenvalue weighted by atomic mass is 10.1. The van der Waals surface area contributed by atoms with Crippen LogP contribution in [0.15, 0.2) is 42.5 Å². The molecule has 3 aromatic carbocycles. The second-order valence-corrected chi connectivity index (χ2v) is 11.4. The standard InChI is InChI=1S/C12H8N2O.C11H9I3N2O4.C3H8O3/c15-8-5-6-11-12(7-8)14-10-4-2-1-3-9(10)13-11;1-3(17)15-9-6(12)5(11(19)20)7(13)10(8(9)14)16-4(2)18;4-1-3(6)2-5/h1-7,15H;1-2H3,(H,15,17)(H,16,18)(H,19,20);3-6H,1-2H2. The summed E-state index contributed by atoms with van der Waals surface area (Å²) in [5.41, 5.74) is 4.06. The van der Waals surface area contributed by atoms with E-state index in [2.05, 4.69) is 20.6 Å². The van der Waals surface area contributed by atoms with Gasteiger partial charge < -0.3 is 36.2 Å². The molecule has 0 saturated heterocycles. The van der Waals surface area contributed by atoms with Gasteiger partial charge in [-0.3, -0.25) is 9.59 Å². The second kappa shape index (κ2) is 16.2. The molecule has 1 heterocycles. The van der Waals surface area contributed by atoms with Crippen LogP contribution < -0.4 is 10.6 Å². The average molecular weight is 902 g/mol. The van der Waals surface area contributed by atoms with Crippen LogP contribution in [0.2, 0.25) is 0 Å². The number of fused-ring (bicyclic) bond motifs is 2.